The van der Waals surface area contributed by atoms with Crippen molar-refractivity contribution in [1.82, 2.24) is 10.9 Å². The third kappa shape index (κ3) is 4.99. The van der Waals surface area contributed by atoms with E-state index in [-0.39, 0.29) is 15.7 Å². The van der Waals surface area contributed by atoms with Crippen LogP contribution in [0.4, 0.5) is 5.69 Å². The van der Waals surface area contributed by atoms with E-state index < -0.39 is 5.91 Å². The lowest BCUT2D eigenvalue weighted by atomic mass is 10.2. The molecule has 0 bridgehead atoms. The molecule has 0 spiro atoms. The molecule has 0 aliphatic carbocycles. The van der Waals surface area contributed by atoms with E-state index in [0.717, 1.165) is 11.4 Å². The summed E-state index contributed by atoms with van der Waals surface area (Å²) in [6.45, 7) is 0. The van der Waals surface area contributed by atoms with Crippen LogP contribution in [0.15, 0.2) is 42.5 Å². The second-order valence-electron chi connectivity index (χ2n) is 4.39. The third-order valence-corrected chi connectivity index (χ3v) is 3.57. The molecular formula is C15H13Cl2N3O2S. The first kappa shape index (κ1) is 17.3. The molecule has 3 N–H and O–H groups in total. The summed E-state index contributed by atoms with van der Waals surface area (Å²) in [5, 5.41) is 3.86. The fraction of sp³-hybridized carbons (Fsp3) is 0.0667. The van der Waals surface area contributed by atoms with Crippen molar-refractivity contribution in [3.05, 3.63) is 58.1 Å². The summed E-state index contributed by atoms with van der Waals surface area (Å²) in [5.74, 6) is 0.311. The highest BCUT2D eigenvalue weighted by molar-refractivity contribution is 7.80. The van der Waals surface area contributed by atoms with Crippen LogP contribution in [0, 0.1) is 0 Å². The van der Waals surface area contributed by atoms with Crippen LogP contribution in [0.1, 0.15) is 10.4 Å². The van der Waals surface area contributed by atoms with Gasteiger partial charge in [-0.1, -0.05) is 23.2 Å². The van der Waals surface area contributed by atoms with Gasteiger partial charge >= 0.3 is 0 Å². The van der Waals surface area contributed by atoms with Crippen molar-refractivity contribution in [3.63, 3.8) is 0 Å². The standard InChI is InChI=1S/C15H13Cl2N3O2S/c1-22-11-5-3-10(4-6-11)18-15(23)20-19-14(21)12-7-2-9(16)8-13(12)17/h2-8H,1H3,(H,19,21)(H2,18,20,23). The summed E-state index contributed by atoms with van der Waals surface area (Å²) in [6.07, 6.45) is 0. The smallest absolute Gasteiger partial charge is 0.271 e. The zero-order valence-corrected chi connectivity index (χ0v) is 14.4. The predicted octanol–water partition coefficient (Wildman–Crippen LogP) is 3.63. The van der Waals surface area contributed by atoms with E-state index in [9.17, 15) is 4.79 Å². The summed E-state index contributed by atoms with van der Waals surface area (Å²) in [6, 6.07) is 11.8. The Morgan fingerprint density at radius 1 is 1.09 bits per heavy atom. The van der Waals surface area contributed by atoms with Gasteiger partial charge in [0.2, 0.25) is 0 Å². The molecular weight excluding hydrogens is 357 g/mol. The molecule has 0 unspecified atom stereocenters. The van der Waals surface area contributed by atoms with Gasteiger partial charge in [-0.05, 0) is 54.7 Å². The summed E-state index contributed by atoms with van der Waals surface area (Å²) >= 11 is 16.9. The number of hydrogen-bond acceptors (Lipinski definition) is 3. The minimum Gasteiger partial charge on any atom is -0.497 e. The molecule has 0 aliphatic rings. The van der Waals surface area contributed by atoms with Crippen molar-refractivity contribution >= 4 is 52.1 Å². The Kier molecular flexibility index (Phi) is 6.04. The van der Waals surface area contributed by atoms with Crippen molar-refractivity contribution in [1.29, 1.82) is 0 Å². The van der Waals surface area contributed by atoms with E-state index in [2.05, 4.69) is 16.2 Å². The fourth-order valence-corrected chi connectivity index (χ4v) is 2.35. The Hall–Kier alpha value is -2.02. The van der Waals surface area contributed by atoms with Crippen LogP contribution in [0.5, 0.6) is 5.75 Å². The minimum absolute atomic E-state index is 0.230. The molecule has 0 saturated heterocycles. The monoisotopic (exact) mass is 369 g/mol. The zero-order chi connectivity index (χ0) is 16.8. The first-order chi connectivity index (χ1) is 11.0. The van der Waals surface area contributed by atoms with Crippen LogP contribution in [-0.4, -0.2) is 18.1 Å². The van der Waals surface area contributed by atoms with Crippen molar-refractivity contribution in [2.45, 2.75) is 0 Å². The van der Waals surface area contributed by atoms with Gasteiger partial charge < -0.3 is 10.1 Å². The Morgan fingerprint density at radius 3 is 2.39 bits per heavy atom. The SMILES string of the molecule is COc1ccc(NC(=S)NNC(=O)c2ccc(Cl)cc2Cl)cc1. The molecule has 0 heterocycles. The van der Waals surface area contributed by atoms with Gasteiger partial charge in [0.25, 0.3) is 5.91 Å². The number of nitrogens with one attached hydrogen (secondary N) is 3. The van der Waals surface area contributed by atoms with Crippen molar-refractivity contribution in [3.8, 4) is 5.75 Å². The number of thiocarbonyl (C=S) groups is 1. The third-order valence-electron chi connectivity index (χ3n) is 2.81. The molecule has 120 valence electrons. The number of amides is 1. The highest BCUT2D eigenvalue weighted by Gasteiger charge is 2.10. The molecule has 8 heteroatoms. The zero-order valence-electron chi connectivity index (χ0n) is 12.0. The molecule has 5 nitrogen and oxygen atoms in total. The minimum atomic E-state index is -0.425. The Bertz CT molecular complexity index is 723. The van der Waals surface area contributed by atoms with Gasteiger partial charge in [-0.25, -0.2) is 0 Å². The lowest BCUT2D eigenvalue weighted by Crippen LogP contribution is -2.43. The second kappa shape index (κ2) is 8.01. The Morgan fingerprint density at radius 2 is 1.78 bits per heavy atom. The van der Waals surface area contributed by atoms with Gasteiger partial charge in [-0.3, -0.25) is 15.6 Å². The highest BCUT2D eigenvalue weighted by Crippen LogP contribution is 2.20. The summed E-state index contributed by atoms with van der Waals surface area (Å²) < 4.78 is 5.07. The van der Waals surface area contributed by atoms with Crippen LogP contribution < -0.4 is 20.9 Å². The normalized spacial score (nSPS) is 9.87. The van der Waals surface area contributed by atoms with Crippen LogP contribution in [0.3, 0.4) is 0 Å². The van der Waals surface area contributed by atoms with Gasteiger partial charge in [-0.15, -0.1) is 0 Å². The highest BCUT2D eigenvalue weighted by atomic mass is 35.5. The Balaban J connectivity index is 1.89. The van der Waals surface area contributed by atoms with E-state index >= 15 is 0 Å². The quantitative estimate of drug-likeness (QED) is 0.569. The van der Waals surface area contributed by atoms with Crippen molar-refractivity contribution in [2.75, 3.05) is 12.4 Å². The predicted molar refractivity (Wildman–Crippen MR) is 96.3 cm³/mol. The lowest BCUT2D eigenvalue weighted by Gasteiger charge is -2.12. The topological polar surface area (TPSA) is 62.4 Å². The summed E-state index contributed by atoms with van der Waals surface area (Å²) in [4.78, 5) is 12.0. The molecule has 0 saturated carbocycles. The maximum Gasteiger partial charge on any atom is 0.271 e. The molecule has 0 fully saturated rings. The van der Waals surface area contributed by atoms with Gasteiger partial charge in [0, 0.05) is 10.7 Å². The van der Waals surface area contributed by atoms with Gasteiger partial charge in [0.05, 0.1) is 17.7 Å². The number of carbonyl (C=O) groups is 1. The van der Waals surface area contributed by atoms with E-state index in [1.165, 1.54) is 12.1 Å². The molecule has 0 atom stereocenters. The number of benzene rings is 2. The number of anilines is 1. The first-order valence-electron chi connectivity index (χ1n) is 6.46. The second-order valence-corrected chi connectivity index (χ2v) is 5.64. The van der Waals surface area contributed by atoms with Crippen LogP contribution in [0.25, 0.3) is 0 Å². The fourth-order valence-electron chi connectivity index (χ4n) is 1.69. The van der Waals surface area contributed by atoms with E-state index in [0.29, 0.717) is 5.02 Å². The van der Waals surface area contributed by atoms with E-state index in [1.54, 1.807) is 37.4 Å². The number of halogens is 2. The maximum atomic E-state index is 12.0. The number of rotatable bonds is 3. The largest absolute Gasteiger partial charge is 0.497 e. The van der Waals surface area contributed by atoms with Crippen molar-refractivity contribution < 1.29 is 9.53 Å². The number of ether oxygens (including phenoxy) is 1. The van der Waals surface area contributed by atoms with Crippen LogP contribution >= 0.6 is 35.4 Å². The van der Waals surface area contributed by atoms with Gasteiger partial charge in [0.15, 0.2) is 5.11 Å². The maximum absolute atomic E-state index is 12.0. The number of hydrogen-bond donors (Lipinski definition) is 3. The molecule has 1 amide bonds. The molecule has 2 aromatic carbocycles. The molecule has 0 radical (unpaired) electrons. The average molecular weight is 370 g/mol. The lowest BCUT2D eigenvalue weighted by molar-refractivity contribution is 0.0944. The van der Waals surface area contributed by atoms with E-state index in [1.807, 2.05) is 0 Å². The molecule has 0 aliphatic heterocycles. The number of methoxy groups -OCH3 is 1. The first-order valence-corrected chi connectivity index (χ1v) is 7.62. The van der Waals surface area contributed by atoms with Crippen LogP contribution in [0.2, 0.25) is 10.0 Å². The number of carbonyl (C=O) groups excluding carboxylic acids is 1. The van der Waals surface area contributed by atoms with Crippen LogP contribution in [-0.2, 0) is 0 Å². The summed E-state index contributed by atoms with van der Waals surface area (Å²) in [7, 11) is 1.59. The molecule has 2 aromatic rings. The average Bonchev–Trinajstić information content (AvgIpc) is 2.53. The summed E-state index contributed by atoms with van der Waals surface area (Å²) in [5.41, 5.74) is 6.09. The van der Waals surface area contributed by atoms with Gasteiger partial charge in [0.1, 0.15) is 5.75 Å². The molecule has 0 aromatic heterocycles. The number of hydrazine groups is 1. The van der Waals surface area contributed by atoms with Gasteiger partial charge in [-0.2, -0.15) is 0 Å². The Labute approximate surface area is 148 Å². The van der Waals surface area contributed by atoms with E-state index in [4.69, 9.17) is 40.2 Å². The van der Waals surface area contributed by atoms with Crippen molar-refractivity contribution in [2.24, 2.45) is 0 Å². The molecule has 2 rings (SSSR count). The molecule has 23 heavy (non-hydrogen) atoms.